The van der Waals surface area contributed by atoms with Crippen LogP contribution in [-0.2, 0) is 14.8 Å². The lowest BCUT2D eigenvalue weighted by atomic mass is 9.88. The number of nitrogens with zero attached hydrogens (tertiary/aromatic N) is 1. The number of aryl methyl sites for hydroxylation is 1. The summed E-state index contributed by atoms with van der Waals surface area (Å²) in [6.45, 7) is 6.50. The predicted octanol–water partition coefficient (Wildman–Crippen LogP) is 0.496. The highest BCUT2D eigenvalue weighted by molar-refractivity contribution is 7.89. The van der Waals surface area contributed by atoms with Gasteiger partial charge < -0.3 is 5.11 Å². The number of carbonyl (C=O) groups is 1. The van der Waals surface area contributed by atoms with Crippen LogP contribution in [0.4, 0.5) is 0 Å². The Balaban J connectivity index is 3.09. The molecular weight excluding hydrogens is 258 g/mol. The van der Waals surface area contributed by atoms with Crippen molar-refractivity contribution in [2.45, 2.75) is 38.6 Å². The summed E-state index contributed by atoms with van der Waals surface area (Å²) in [5.74, 6) is -1.22. The summed E-state index contributed by atoms with van der Waals surface area (Å²) < 4.78 is 26.3. The van der Waals surface area contributed by atoms with Crippen LogP contribution in [0.15, 0.2) is 11.1 Å². The van der Waals surface area contributed by atoms with Gasteiger partial charge in [0.15, 0.2) is 0 Å². The molecule has 1 rings (SSSR count). The Kier molecular flexibility index (Phi) is 3.82. The van der Waals surface area contributed by atoms with Crippen LogP contribution in [0.25, 0.3) is 0 Å². The number of sulfonamides is 1. The van der Waals surface area contributed by atoms with Crippen molar-refractivity contribution in [2.24, 2.45) is 5.41 Å². The smallest absolute Gasteiger partial charge is 0.322 e. The SMILES string of the molecule is Cc1[nH]ncc1S(=O)(=O)NC(C(=O)O)C(C)(C)C. The number of aromatic nitrogens is 2. The molecule has 0 radical (unpaired) electrons. The van der Waals surface area contributed by atoms with Crippen molar-refractivity contribution in [3.05, 3.63) is 11.9 Å². The number of carboxylic acid groups (broad SMARTS) is 1. The summed E-state index contributed by atoms with van der Waals surface area (Å²) >= 11 is 0. The minimum Gasteiger partial charge on any atom is -0.480 e. The van der Waals surface area contributed by atoms with Crippen LogP contribution in [0, 0.1) is 12.3 Å². The van der Waals surface area contributed by atoms with Crippen molar-refractivity contribution >= 4 is 16.0 Å². The highest BCUT2D eigenvalue weighted by Crippen LogP contribution is 2.22. The molecule has 0 aromatic carbocycles. The number of H-pyrrole nitrogens is 1. The molecule has 3 N–H and O–H groups in total. The molecule has 0 bridgehead atoms. The highest BCUT2D eigenvalue weighted by atomic mass is 32.2. The van der Waals surface area contributed by atoms with E-state index in [9.17, 15) is 13.2 Å². The van der Waals surface area contributed by atoms with E-state index in [-0.39, 0.29) is 4.90 Å². The largest absolute Gasteiger partial charge is 0.480 e. The molecule has 0 saturated carbocycles. The Hall–Kier alpha value is -1.41. The maximum absolute atomic E-state index is 12.0. The molecule has 1 aromatic rings. The number of aliphatic carboxylic acids is 1. The lowest BCUT2D eigenvalue weighted by Gasteiger charge is -2.27. The normalized spacial score (nSPS) is 14.4. The van der Waals surface area contributed by atoms with Gasteiger partial charge in [-0.05, 0) is 12.3 Å². The summed E-state index contributed by atoms with van der Waals surface area (Å²) in [4.78, 5) is 11.1. The van der Waals surface area contributed by atoms with Crippen LogP contribution in [0.3, 0.4) is 0 Å². The number of hydrogen-bond donors (Lipinski definition) is 3. The zero-order valence-electron chi connectivity index (χ0n) is 10.7. The minimum absolute atomic E-state index is 0.0435. The topological polar surface area (TPSA) is 112 Å². The van der Waals surface area contributed by atoms with E-state index in [2.05, 4.69) is 14.9 Å². The molecule has 1 unspecified atom stereocenters. The van der Waals surface area contributed by atoms with Crippen molar-refractivity contribution in [1.29, 1.82) is 0 Å². The first-order chi connectivity index (χ1) is 8.05. The fraction of sp³-hybridized carbons (Fsp3) is 0.600. The second-order valence-corrected chi connectivity index (χ2v) is 6.80. The molecule has 8 heteroatoms. The summed E-state index contributed by atoms with van der Waals surface area (Å²) in [7, 11) is -3.90. The predicted molar refractivity (Wildman–Crippen MR) is 64.5 cm³/mol. The quantitative estimate of drug-likeness (QED) is 0.740. The van der Waals surface area contributed by atoms with E-state index in [1.165, 1.54) is 0 Å². The van der Waals surface area contributed by atoms with Gasteiger partial charge in [-0.15, -0.1) is 0 Å². The standard InChI is InChI=1S/C10H17N3O4S/c1-6-7(5-11-12-6)18(16,17)13-8(9(14)15)10(2,3)4/h5,8,13H,1-4H3,(H,11,12)(H,14,15). The fourth-order valence-electron chi connectivity index (χ4n) is 1.43. The molecule has 7 nitrogen and oxygen atoms in total. The molecule has 0 amide bonds. The zero-order valence-corrected chi connectivity index (χ0v) is 11.5. The summed E-state index contributed by atoms with van der Waals surface area (Å²) in [6.07, 6.45) is 1.15. The maximum Gasteiger partial charge on any atom is 0.322 e. The van der Waals surface area contributed by atoms with Gasteiger partial charge in [-0.3, -0.25) is 9.89 Å². The molecule has 1 atom stereocenters. The summed E-state index contributed by atoms with van der Waals surface area (Å²) in [6, 6.07) is -1.21. The molecule has 0 aliphatic carbocycles. The van der Waals surface area contributed by atoms with Crippen molar-refractivity contribution in [3.8, 4) is 0 Å². The lowest BCUT2D eigenvalue weighted by Crippen LogP contribution is -2.49. The number of carboxylic acids is 1. The zero-order chi connectivity index (χ0) is 14.1. The second kappa shape index (κ2) is 4.69. The summed E-state index contributed by atoms with van der Waals surface area (Å²) in [5, 5.41) is 15.2. The molecule has 1 heterocycles. The van der Waals surface area contributed by atoms with E-state index in [0.717, 1.165) is 6.20 Å². The van der Waals surface area contributed by atoms with Crippen LogP contribution in [0.2, 0.25) is 0 Å². The molecule has 0 fully saturated rings. The van der Waals surface area contributed by atoms with Crippen LogP contribution < -0.4 is 4.72 Å². The van der Waals surface area contributed by atoms with Gasteiger partial charge in [0.25, 0.3) is 0 Å². The molecule has 0 saturated heterocycles. The van der Waals surface area contributed by atoms with Gasteiger partial charge >= 0.3 is 5.97 Å². The first kappa shape index (κ1) is 14.7. The Morgan fingerprint density at radius 3 is 2.39 bits per heavy atom. The van der Waals surface area contributed by atoms with Crippen molar-refractivity contribution in [1.82, 2.24) is 14.9 Å². The first-order valence-electron chi connectivity index (χ1n) is 5.31. The number of aromatic amines is 1. The molecular formula is C10H17N3O4S. The third-order valence-corrected chi connectivity index (χ3v) is 4.00. The van der Waals surface area contributed by atoms with Crippen LogP contribution in [0.1, 0.15) is 26.5 Å². The Morgan fingerprint density at radius 1 is 1.50 bits per heavy atom. The van der Waals surface area contributed by atoms with Crippen LogP contribution in [-0.4, -0.2) is 35.7 Å². The van der Waals surface area contributed by atoms with Gasteiger partial charge in [-0.2, -0.15) is 9.82 Å². The monoisotopic (exact) mass is 275 g/mol. The van der Waals surface area contributed by atoms with E-state index in [1.807, 2.05) is 0 Å². The Labute approximate surface area is 106 Å². The lowest BCUT2D eigenvalue weighted by molar-refractivity contribution is -0.141. The second-order valence-electron chi connectivity index (χ2n) is 5.12. The van der Waals surface area contributed by atoms with Crippen molar-refractivity contribution < 1.29 is 18.3 Å². The van der Waals surface area contributed by atoms with E-state index in [0.29, 0.717) is 5.69 Å². The van der Waals surface area contributed by atoms with Gasteiger partial charge in [0.05, 0.1) is 11.9 Å². The molecule has 102 valence electrons. The third kappa shape index (κ3) is 3.08. The van der Waals surface area contributed by atoms with Gasteiger partial charge in [-0.25, -0.2) is 8.42 Å². The summed E-state index contributed by atoms with van der Waals surface area (Å²) in [5.41, 5.74) is -0.378. The number of rotatable bonds is 4. The van der Waals surface area contributed by atoms with Crippen molar-refractivity contribution in [2.75, 3.05) is 0 Å². The maximum atomic E-state index is 12.0. The minimum atomic E-state index is -3.90. The number of nitrogens with one attached hydrogen (secondary N) is 2. The first-order valence-corrected chi connectivity index (χ1v) is 6.79. The number of hydrogen-bond acceptors (Lipinski definition) is 4. The Morgan fingerprint density at radius 2 is 2.06 bits per heavy atom. The molecule has 0 aliphatic heterocycles. The third-order valence-electron chi connectivity index (χ3n) is 2.46. The average Bonchev–Trinajstić information content (AvgIpc) is 2.59. The van der Waals surface area contributed by atoms with Gasteiger partial charge in [0.1, 0.15) is 10.9 Å². The van der Waals surface area contributed by atoms with Gasteiger partial charge in [0, 0.05) is 0 Å². The van der Waals surface area contributed by atoms with Crippen LogP contribution in [0.5, 0.6) is 0 Å². The van der Waals surface area contributed by atoms with Gasteiger partial charge in [0.2, 0.25) is 10.0 Å². The molecule has 0 spiro atoms. The van der Waals surface area contributed by atoms with Crippen molar-refractivity contribution in [3.63, 3.8) is 0 Å². The Bertz CT molecular complexity index is 542. The van der Waals surface area contributed by atoms with E-state index < -0.39 is 27.4 Å². The van der Waals surface area contributed by atoms with Gasteiger partial charge in [-0.1, -0.05) is 20.8 Å². The van der Waals surface area contributed by atoms with E-state index in [4.69, 9.17) is 5.11 Å². The van der Waals surface area contributed by atoms with E-state index in [1.54, 1.807) is 27.7 Å². The molecule has 0 aliphatic rings. The molecule has 18 heavy (non-hydrogen) atoms. The molecule has 1 aromatic heterocycles. The van der Waals surface area contributed by atoms with Crippen LogP contribution >= 0.6 is 0 Å². The fourth-order valence-corrected chi connectivity index (χ4v) is 2.96. The average molecular weight is 275 g/mol. The highest BCUT2D eigenvalue weighted by Gasteiger charge is 2.36. The van der Waals surface area contributed by atoms with E-state index >= 15 is 0 Å².